The number of hydrogen-bond donors (Lipinski definition) is 3. The Kier molecular flexibility index (Phi) is 5.95. The molecule has 3 N–H and O–H groups in total. The van der Waals surface area contributed by atoms with Crippen molar-refractivity contribution >= 4 is 28.4 Å². The fraction of sp³-hybridized carbons (Fsp3) is 0.450. The van der Waals surface area contributed by atoms with E-state index < -0.39 is 0 Å². The van der Waals surface area contributed by atoms with E-state index in [4.69, 9.17) is 9.47 Å². The Labute approximate surface area is 169 Å². The van der Waals surface area contributed by atoms with E-state index in [1.807, 2.05) is 19.2 Å². The van der Waals surface area contributed by atoms with Gasteiger partial charge in [-0.1, -0.05) is 0 Å². The summed E-state index contributed by atoms with van der Waals surface area (Å²) < 4.78 is 11.4. The summed E-state index contributed by atoms with van der Waals surface area (Å²) in [5.74, 6) is 3.31. The number of rotatable bonds is 9. The molecule has 3 aromatic heterocycles. The first-order chi connectivity index (χ1) is 14.3. The van der Waals surface area contributed by atoms with Gasteiger partial charge in [0.2, 0.25) is 0 Å². The van der Waals surface area contributed by atoms with Gasteiger partial charge in [0.05, 0.1) is 37.0 Å². The Balaban J connectivity index is 1.47. The number of anilines is 3. The molecule has 9 heteroatoms. The highest BCUT2D eigenvalue weighted by Gasteiger charge is 2.13. The van der Waals surface area contributed by atoms with Gasteiger partial charge in [-0.15, -0.1) is 0 Å². The minimum absolute atomic E-state index is 0.613. The Morgan fingerprint density at radius 2 is 2.00 bits per heavy atom. The zero-order valence-electron chi connectivity index (χ0n) is 16.9. The lowest BCUT2D eigenvalue weighted by atomic mass is 10.3. The summed E-state index contributed by atoms with van der Waals surface area (Å²) in [6, 6.07) is 3.75. The maximum absolute atomic E-state index is 6.00. The van der Waals surface area contributed by atoms with Gasteiger partial charge in [0, 0.05) is 25.7 Å². The van der Waals surface area contributed by atoms with Gasteiger partial charge in [-0.3, -0.25) is 5.10 Å². The number of nitrogens with zero attached hydrogens (tertiary/aromatic N) is 4. The van der Waals surface area contributed by atoms with Crippen molar-refractivity contribution in [1.82, 2.24) is 25.1 Å². The van der Waals surface area contributed by atoms with Crippen LogP contribution in [0.3, 0.4) is 0 Å². The average molecular weight is 397 g/mol. The number of likely N-dealkylation sites (tertiary alicyclic amines) is 1. The molecule has 1 saturated heterocycles. The zero-order chi connectivity index (χ0) is 20.1. The summed E-state index contributed by atoms with van der Waals surface area (Å²) in [6.07, 6.45) is 6.99. The highest BCUT2D eigenvalue weighted by Crippen LogP contribution is 2.31. The lowest BCUT2D eigenvalue weighted by Crippen LogP contribution is -2.21. The molecule has 0 aromatic carbocycles. The van der Waals surface area contributed by atoms with Gasteiger partial charge in [-0.05, 0) is 32.4 Å². The number of H-pyrrole nitrogens is 1. The number of aromatic amines is 1. The molecule has 0 saturated carbocycles. The predicted octanol–water partition coefficient (Wildman–Crippen LogP) is 3.01. The topological polar surface area (TPSA) is 100 Å². The van der Waals surface area contributed by atoms with Gasteiger partial charge in [0.1, 0.15) is 17.5 Å². The largest absolute Gasteiger partial charge is 0.491 e. The summed E-state index contributed by atoms with van der Waals surface area (Å²) in [5, 5.41) is 14.3. The van der Waals surface area contributed by atoms with E-state index in [2.05, 4.69) is 35.7 Å². The SMILES string of the molecule is CNc1cc2[nH]ncc2c(Nc2cc(OCCCN3CCCC3)c(OC)cn2)n1. The molecule has 0 bridgehead atoms. The number of nitrogens with one attached hydrogen (secondary N) is 3. The van der Waals surface area contributed by atoms with Crippen molar-refractivity contribution in [3.8, 4) is 11.5 Å². The van der Waals surface area contributed by atoms with Crippen molar-refractivity contribution in [2.75, 3.05) is 51.0 Å². The van der Waals surface area contributed by atoms with Crippen molar-refractivity contribution in [3.05, 3.63) is 24.5 Å². The highest BCUT2D eigenvalue weighted by molar-refractivity contribution is 5.92. The summed E-state index contributed by atoms with van der Waals surface area (Å²) in [4.78, 5) is 11.5. The molecule has 154 valence electrons. The second-order valence-electron chi connectivity index (χ2n) is 7.03. The zero-order valence-corrected chi connectivity index (χ0v) is 16.9. The van der Waals surface area contributed by atoms with Crippen molar-refractivity contribution in [1.29, 1.82) is 0 Å². The Morgan fingerprint density at radius 3 is 2.79 bits per heavy atom. The maximum atomic E-state index is 6.00. The molecule has 0 radical (unpaired) electrons. The lowest BCUT2D eigenvalue weighted by Gasteiger charge is -2.16. The maximum Gasteiger partial charge on any atom is 0.179 e. The van der Waals surface area contributed by atoms with Crippen LogP contribution in [0.5, 0.6) is 11.5 Å². The average Bonchev–Trinajstić information content (AvgIpc) is 3.43. The molecule has 0 unspecified atom stereocenters. The molecule has 29 heavy (non-hydrogen) atoms. The molecule has 0 spiro atoms. The molecule has 3 aromatic rings. The van der Waals surface area contributed by atoms with Gasteiger partial charge >= 0.3 is 0 Å². The van der Waals surface area contributed by atoms with E-state index >= 15 is 0 Å². The number of fused-ring (bicyclic) bond motifs is 1. The molecule has 1 aliphatic rings. The molecule has 4 heterocycles. The van der Waals surface area contributed by atoms with Crippen molar-refractivity contribution in [2.45, 2.75) is 19.3 Å². The molecular weight excluding hydrogens is 370 g/mol. The van der Waals surface area contributed by atoms with Gasteiger partial charge < -0.3 is 25.0 Å². The summed E-state index contributed by atoms with van der Waals surface area (Å²) in [5.41, 5.74) is 0.888. The third kappa shape index (κ3) is 4.51. The van der Waals surface area contributed by atoms with E-state index in [1.54, 1.807) is 19.5 Å². The second kappa shape index (κ2) is 8.95. The molecule has 1 fully saturated rings. The predicted molar refractivity (Wildman–Crippen MR) is 113 cm³/mol. The number of aromatic nitrogens is 4. The first kappa shape index (κ1) is 19.3. The monoisotopic (exact) mass is 397 g/mol. The minimum Gasteiger partial charge on any atom is -0.491 e. The second-order valence-corrected chi connectivity index (χ2v) is 7.03. The van der Waals surface area contributed by atoms with Gasteiger partial charge in [-0.2, -0.15) is 5.10 Å². The van der Waals surface area contributed by atoms with Crippen LogP contribution >= 0.6 is 0 Å². The van der Waals surface area contributed by atoms with Crippen molar-refractivity contribution in [2.24, 2.45) is 0 Å². The number of ether oxygens (including phenoxy) is 2. The van der Waals surface area contributed by atoms with Crippen molar-refractivity contribution in [3.63, 3.8) is 0 Å². The standard InChI is InChI=1S/C20H27N7O2/c1-21-18-10-15-14(12-23-26-15)20(24-18)25-19-11-16(17(28-2)13-22-19)29-9-5-8-27-6-3-4-7-27/h10-13H,3-9H2,1-2H3,(H,23,26)(H2,21,22,24,25). The lowest BCUT2D eigenvalue weighted by molar-refractivity contribution is 0.254. The van der Waals surface area contributed by atoms with Gasteiger partial charge in [-0.25, -0.2) is 9.97 Å². The first-order valence-corrected chi connectivity index (χ1v) is 9.95. The Morgan fingerprint density at radius 1 is 1.14 bits per heavy atom. The molecule has 0 aliphatic carbocycles. The smallest absolute Gasteiger partial charge is 0.179 e. The van der Waals surface area contributed by atoms with Crippen LogP contribution in [0.1, 0.15) is 19.3 Å². The summed E-state index contributed by atoms with van der Waals surface area (Å²) in [6.45, 7) is 4.11. The number of pyridine rings is 2. The minimum atomic E-state index is 0.613. The van der Waals surface area contributed by atoms with Gasteiger partial charge in [0.25, 0.3) is 0 Å². The van der Waals surface area contributed by atoms with Crippen LogP contribution in [0, 0.1) is 0 Å². The highest BCUT2D eigenvalue weighted by atomic mass is 16.5. The van der Waals surface area contributed by atoms with Crippen LogP contribution in [0.25, 0.3) is 10.9 Å². The van der Waals surface area contributed by atoms with E-state index in [1.165, 1.54) is 25.9 Å². The third-order valence-electron chi connectivity index (χ3n) is 5.07. The fourth-order valence-electron chi connectivity index (χ4n) is 3.52. The number of hydrogen-bond acceptors (Lipinski definition) is 8. The number of methoxy groups -OCH3 is 1. The van der Waals surface area contributed by atoms with E-state index in [0.29, 0.717) is 29.7 Å². The Bertz CT molecular complexity index is 953. The summed E-state index contributed by atoms with van der Waals surface area (Å²) in [7, 11) is 3.45. The summed E-state index contributed by atoms with van der Waals surface area (Å²) >= 11 is 0. The first-order valence-electron chi connectivity index (χ1n) is 9.95. The molecule has 4 rings (SSSR count). The van der Waals surface area contributed by atoms with E-state index in [0.717, 1.165) is 29.7 Å². The third-order valence-corrected chi connectivity index (χ3v) is 5.07. The van der Waals surface area contributed by atoms with Crippen LogP contribution in [-0.2, 0) is 0 Å². The molecule has 0 atom stereocenters. The van der Waals surface area contributed by atoms with Gasteiger partial charge in [0.15, 0.2) is 11.5 Å². The van der Waals surface area contributed by atoms with Crippen LogP contribution in [0.2, 0.25) is 0 Å². The van der Waals surface area contributed by atoms with E-state index in [-0.39, 0.29) is 0 Å². The quantitative estimate of drug-likeness (QED) is 0.474. The fourth-order valence-corrected chi connectivity index (χ4v) is 3.52. The molecule has 1 aliphatic heterocycles. The molecule has 0 amide bonds. The normalized spacial score (nSPS) is 14.3. The molecule has 9 nitrogen and oxygen atoms in total. The van der Waals surface area contributed by atoms with Crippen LogP contribution in [0.4, 0.5) is 17.5 Å². The van der Waals surface area contributed by atoms with Crippen LogP contribution in [0.15, 0.2) is 24.5 Å². The van der Waals surface area contributed by atoms with Crippen molar-refractivity contribution < 1.29 is 9.47 Å². The Hall–Kier alpha value is -3.07. The molecular formula is C20H27N7O2. The van der Waals surface area contributed by atoms with E-state index in [9.17, 15) is 0 Å². The van der Waals surface area contributed by atoms with Crippen LogP contribution < -0.4 is 20.1 Å². The van der Waals surface area contributed by atoms with Crippen LogP contribution in [-0.4, -0.2) is 65.5 Å².